The van der Waals surface area contributed by atoms with Gasteiger partial charge in [-0.25, -0.2) is 4.79 Å². The first-order valence-electron chi connectivity index (χ1n) is 4.47. The second-order valence-corrected chi connectivity index (χ2v) is 3.12. The molecule has 12 heavy (non-hydrogen) atoms. The van der Waals surface area contributed by atoms with E-state index in [0.29, 0.717) is 6.04 Å². The topological polar surface area (TPSA) is 49.6 Å². The zero-order chi connectivity index (χ0) is 9.14. The van der Waals surface area contributed by atoms with Crippen molar-refractivity contribution in [3.05, 3.63) is 0 Å². The normalized spacial score (nSPS) is 18.1. The minimum atomic E-state index is -0.293. The third-order valence-corrected chi connectivity index (χ3v) is 2.50. The SMILES string of the molecule is CCN(CC)C1CN(C(N)=O)C1. The molecule has 0 saturated carbocycles. The fourth-order valence-electron chi connectivity index (χ4n) is 1.61. The Morgan fingerprint density at radius 3 is 2.33 bits per heavy atom. The minimum Gasteiger partial charge on any atom is -0.351 e. The van der Waals surface area contributed by atoms with Gasteiger partial charge in [0, 0.05) is 19.1 Å². The summed E-state index contributed by atoms with van der Waals surface area (Å²) in [6.07, 6.45) is 0. The van der Waals surface area contributed by atoms with Crippen LogP contribution in [0, 0.1) is 0 Å². The molecule has 1 aliphatic heterocycles. The lowest BCUT2D eigenvalue weighted by molar-refractivity contribution is 0.0668. The largest absolute Gasteiger partial charge is 0.351 e. The predicted molar refractivity (Wildman–Crippen MR) is 47.9 cm³/mol. The molecule has 0 radical (unpaired) electrons. The first kappa shape index (κ1) is 9.32. The molecular weight excluding hydrogens is 154 g/mol. The van der Waals surface area contributed by atoms with Crippen molar-refractivity contribution in [3.63, 3.8) is 0 Å². The van der Waals surface area contributed by atoms with Gasteiger partial charge in [0.25, 0.3) is 0 Å². The summed E-state index contributed by atoms with van der Waals surface area (Å²) in [5.74, 6) is 0. The molecule has 1 rings (SSSR count). The van der Waals surface area contributed by atoms with E-state index in [2.05, 4.69) is 18.7 Å². The lowest BCUT2D eigenvalue weighted by atomic mass is 10.1. The van der Waals surface area contributed by atoms with Gasteiger partial charge in [-0.05, 0) is 13.1 Å². The van der Waals surface area contributed by atoms with Crippen molar-refractivity contribution < 1.29 is 4.79 Å². The summed E-state index contributed by atoms with van der Waals surface area (Å²) in [6, 6.07) is 0.242. The van der Waals surface area contributed by atoms with Crippen LogP contribution in [0.1, 0.15) is 13.8 Å². The van der Waals surface area contributed by atoms with Crippen LogP contribution in [-0.2, 0) is 0 Å². The van der Waals surface area contributed by atoms with Crippen LogP contribution in [-0.4, -0.2) is 48.1 Å². The Balaban J connectivity index is 2.28. The van der Waals surface area contributed by atoms with E-state index < -0.39 is 0 Å². The zero-order valence-corrected chi connectivity index (χ0v) is 7.79. The molecule has 70 valence electrons. The van der Waals surface area contributed by atoms with Crippen LogP contribution in [0.15, 0.2) is 0 Å². The number of urea groups is 1. The molecule has 0 aliphatic carbocycles. The monoisotopic (exact) mass is 171 g/mol. The highest BCUT2D eigenvalue weighted by atomic mass is 16.2. The van der Waals surface area contributed by atoms with Crippen LogP contribution in [0.25, 0.3) is 0 Å². The molecule has 1 fully saturated rings. The first-order chi connectivity index (χ1) is 5.69. The van der Waals surface area contributed by atoms with Gasteiger partial charge < -0.3 is 10.6 Å². The fraction of sp³-hybridized carbons (Fsp3) is 0.875. The first-order valence-corrected chi connectivity index (χ1v) is 4.47. The van der Waals surface area contributed by atoms with Crippen molar-refractivity contribution in [1.29, 1.82) is 0 Å². The number of likely N-dealkylation sites (N-methyl/N-ethyl adjacent to an activating group) is 1. The average Bonchev–Trinajstić information content (AvgIpc) is 1.94. The molecule has 4 nitrogen and oxygen atoms in total. The van der Waals surface area contributed by atoms with E-state index in [-0.39, 0.29) is 6.03 Å². The number of nitrogens with two attached hydrogens (primary N) is 1. The van der Waals surface area contributed by atoms with Crippen LogP contribution in [0.4, 0.5) is 4.79 Å². The number of amides is 2. The minimum absolute atomic E-state index is 0.293. The average molecular weight is 171 g/mol. The maximum Gasteiger partial charge on any atom is 0.314 e. The lowest BCUT2D eigenvalue weighted by Gasteiger charge is -2.43. The maximum absolute atomic E-state index is 10.7. The van der Waals surface area contributed by atoms with Gasteiger partial charge in [-0.15, -0.1) is 0 Å². The molecule has 0 unspecified atom stereocenters. The molecule has 0 bridgehead atoms. The van der Waals surface area contributed by atoms with Gasteiger partial charge in [0.15, 0.2) is 0 Å². The summed E-state index contributed by atoms with van der Waals surface area (Å²) in [4.78, 5) is 14.7. The zero-order valence-electron chi connectivity index (χ0n) is 7.79. The Morgan fingerprint density at radius 2 is 2.00 bits per heavy atom. The Bertz CT molecular complexity index is 162. The van der Waals surface area contributed by atoms with Crippen LogP contribution < -0.4 is 5.73 Å². The van der Waals surface area contributed by atoms with Crippen molar-refractivity contribution in [2.24, 2.45) is 5.73 Å². The smallest absolute Gasteiger partial charge is 0.314 e. The Hall–Kier alpha value is -0.770. The number of likely N-dealkylation sites (tertiary alicyclic amines) is 1. The van der Waals surface area contributed by atoms with E-state index in [1.54, 1.807) is 4.90 Å². The van der Waals surface area contributed by atoms with Crippen molar-refractivity contribution in [2.45, 2.75) is 19.9 Å². The molecule has 1 aliphatic rings. The number of hydrogen-bond donors (Lipinski definition) is 1. The van der Waals surface area contributed by atoms with Crippen molar-refractivity contribution in [3.8, 4) is 0 Å². The molecule has 0 spiro atoms. The maximum atomic E-state index is 10.7. The van der Waals surface area contributed by atoms with Gasteiger partial charge in [0.05, 0.1) is 0 Å². The molecule has 1 saturated heterocycles. The van der Waals surface area contributed by atoms with Crippen molar-refractivity contribution in [1.82, 2.24) is 9.80 Å². The van der Waals surface area contributed by atoms with Crippen molar-refractivity contribution in [2.75, 3.05) is 26.2 Å². The molecule has 0 aromatic rings. The molecule has 2 amide bonds. The summed E-state index contributed by atoms with van der Waals surface area (Å²) in [7, 11) is 0. The summed E-state index contributed by atoms with van der Waals surface area (Å²) in [6.45, 7) is 7.97. The third-order valence-electron chi connectivity index (χ3n) is 2.50. The number of primary amides is 1. The second kappa shape index (κ2) is 3.76. The Labute approximate surface area is 73.3 Å². The van der Waals surface area contributed by atoms with Crippen LogP contribution in [0.5, 0.6) is 0 Å². The van der Waals surface area contributed by atoms with Gasteiger partial charge in [-0.2, -0.15) is 0 Å². The van der Waals surface area contributed by atoms with Gasteiger partial charge in [0.1, 0.15) is 0 Å². The number of carbonyl (C=O) groups excluding carboxylic acids is 1. The predicted octanol–water partition coefficient (Wildman–Crippen LogP) is 0.0911. The van der Waals surface area contributed by atoms with E-state index in [1.165, 1.54) is 0 Å². The van der Waals surface area contributed by atoms with Gasteiger partial charge in [-0.1, -0.05) is 13.8 Å². The van der Waals surface area contributed by atoms with E-state index >= 15 is 0 Å². The standard InChI is InChI=1S/C8H17N3O/c1-3-10(4-2)7-5-11(6-7)8(9)12/h7H,3-6H2,1-2H3,(H2,9,12). The third kappa shape index (κ3) is 1.69. The molecule has 0 aromatic carbocycles. The van der Waals surface area contributed by atoms with Gasteiger partial charge >= 0.3 is 6.03 Å². The summed E-state index contributed by atoms with van der Waals surface area (Å²) in [5, 5.41) is 0. The number of carbonyl (C=O) groups is 1. The summed E-state index contributed by atoms with van der Waals surface area (Å²) < 4.78 is 0. The summed E-state index contributed by atoms with van der Waals surface area (Å²) in [5.41, 5.74) is 5.11. The van der Waals surface area contributed by atoms with E-state index in [4.69, 9.17) is 5.73 Å². The van der Waals surface area contributed by atoms with Gasteiger partial charge in [-0.3, -0.25) is 4.90 Å². The van der Waals surface area contributed by atoms with Crippen molar-refractivity contribution >= 4 is 6.03 Å². The molecule has 4 heteroatoms. The fourth-order valence-corrected chi connectivity index (χ4v) is 1.61. The Morgan fingerprint density at radius 1 is 1.50 bits per heavy atom. The van der Waals surface area contributed by atoms with E-state index in [0.717, 1.165) is 26.2 Å². The van der Waals surface area contributed by atoms with Crippen LogP contribution in [0.2, 0.25) is 0 Å². The second-order valence-electron chi connectivity index (χ2n) is 3.12. The van der Waals surface area contributed by atoms with Crippen LogP contribution >= 0.6 is 0 Å². The van der Waals surface area contributed by atoms with Crippen LogP contribution in [0.3, 0.4) is 0 Å². The van der Waals surface area contributed by atoms with E-state index in [9.17, 15) is 4.79 Å². The quantitative estimate of drug-likeness (QED) is 0.654. The highest BCUT2D eigenvalue weighted by molar-refractivity contribution is 5.73. The number of hydrogen-bond acceptors (Lipinski definition) is 2. The number of nitrogens with zero attached hydrogens (tertiary/aromatic N) is 2. The molecule has 0 aromatic heterocycles. The lowest BCUT2D eigenvalue weighted by Crippen LogP contribution is -2.62. The highest BCUT2D eigenvalue weighted by Crippen LogP contribution is 2.13. The number of rotatable bonds is 3. The van der Waals surface area contributed by atoms with Gasteiger partial charge in [0.2, 0.25) is 0 Å². The summed E-state index contributed by atoms with van der Waals surface area (Å²) >= 11 is 0. The van der Waals surface area contributed by atoms with E-state index in [1.807, 2.05) is 0 Å². The molecule has 1 heterocycles. The highest BCUT2D eigenvalue weighted by Gasteiger charge is 2.32. The molecule has 0 atom stereocenters. The Kier molecular flexibility index (Phi) is 2.92. The molecule has 2 N–H and O–H groups in total. The molecular formula is C8H17N3O.